The fourth-order valence-corrected chi connectivity index (χ4v) is 2.94. The van der Waals surface area contributed by atoms with E-state index in [1.807, 2.05) is 4.72 Å². The van der Waals surface area contributed by atoms with Crippen LogP contribution in [0.5, 0.6) is 0 Å². The predicted octanol–water partition coefficient (Wildman–Crippen LogP) is 2.15. The van der Waals surface area contributed by atoms with Crippen LogP contribution in [0.4, 0.5) is 5.69 Å². The molecule has 0 aliphatic heterocycles. The second kappa shape index (κ2) is 5.64. The number of carbonyl (C=O) groups excluding carboxylic acids is 1. The minimum atomic E-state index is -3.90. The van der Waals surface area contributed by atoms with Crippen molar-refractivity contribution in [3.8, 4) is 0 Å². The Morgan fingerprint density at radius 3 is 2.35 bits per heavy atom. The van der Waals surface area contributed by atoms with Crippen molar-refractivity contribution in [2.24, 2.45) is 0 Å². The van der Waals surface area contributed by atoms with Crippen molar-refractivity contribution in [2.45, 2.75) is 4.90 Å². The van der Waals surface area contributed by atoms with Crippen LogP contribution in [0.25, 0.3) is 0 Å². The largest absolute Gasteiger partial charge is 0.398 e. The number of hydrogen-bond acceptors (Lipinski definition) is 4. The van der Waals surface area contributed by atoms with Gasteiger partial charge in [0, 0.05) is 10.2 Å². The van der Waals surface area contributed by atoms with E-state index in [2.05, 4.69) is 15.9 Å². The summed E-state index contributed by atoms with van der Waals surface area (Å²) in [7, 11) is -3.90. The fourth-order valence-electron chi connectivity index (χ4n) is 1.58. The second-order valence-electron chi connectivity index (χ2n) is 3.98. The molecule has 20 heavy (non-hydrogen) atoms. The van der Waals surface area contributed by atoms with Crippen molar-refractivity contribution in [1.82, 2.24) is 4.72 Å². The highest BCUT2D eigenvalue weighted by Crippen LogP contribution is 2.19. The van der Waals surface area contributed by atoms with Crippen LogP contribution in [-0.2, 0) is 10.0 Å². The molecule has 104 valence electrons. The molecule has 0 atom stereocenters. The first-order valence-corrected chi connectivity index (χ1v) is 7.85. The van der Waals surface area contributed by atoms with Crippen molar-refractivity contribution in [3.63, 3.8) is 0 Å². The molecule has 0 saturated heterocycles. The molecule has 2 aromatic carbocycles. The summed E-state index contributed by atoms with van der Waals surface area (Å²) in [5, 5.41) is 0. The molecule has 1 amide bonds. The lowest BCUT2D eigenvalue weighted by molar-refractivity contribution is 0.0982. The summed E-state index contributed by atoms with van der Waals surface area (Å²) in [6.07, 6.45) is 0. The van der Waals surface area contributed by atoms with E-state index in [-0.39, 0.29) is 16.1 Å². The van der Waals surface area contributed by atoms with Gasteiger partial charge in [-0.05, 0) is 30.3 Å². The van der Waals surface area contributed by atoms with E-state index < -0.39 is 15.9 Å². The molecule has 0 spiro atoms. The Labute approximate surface area is 125 Å². The lowest BCUT2D eigenvalue weighted by atomic mass is 10.2. The van der Waals surface area contributed by atoms with Crippen LogP contribution < -0.4 is 10.5 Å². The van der Waals surface area contributed by atoms with E-state index in [9.17, 15) is 13.2 Å². The fraction of sp³-hybridized carbons (Fsp3) is 0. The number of nitrogens with one attached hydrogen (secondary N) is 1. The van der Waals surface area contributed by atoms with Crippen LogP contribution in [0.1, 0.15) is 10.4 Å². The second-order valence-corrected chi connectivity index (χ2v) is 6.58. The van der Waals surface area contributed by atoms with Crippen LogP contribution in [0.15, 0.2) is 57.9 Å². The normalized spacial score (nSPS) is 11.1. The topological polar surface area (TPSA) is 89.3 Å². The zero-order valence-corrected chi connectivity index (χ0v) is 12.6. The van der Waals surface area contributed by atoms with Gasteiger partial charge in [-0.25, -0.2) is 13.1 Å². The molecule has 0 fully saturated rings. The lowest BCUT2D eigenvalue weighted by Gasteiger charge is -2.08. The van der Waals surface area contributed by atoms with Crippen molar-refractivity contribution in [1.29, 1.82) is 0 Å². The Balaban J connectivity index is 2.28. The third kappa shape index (κ3) is 3.17. The van der Waals surface area contributed by atoms with Gasteiger partial charge in [0.2, 0.25) is 0 Å². The summed E-state index contributed by atoms with van der Waals surface area (Å²) >= 11 is 3.21. The number of anilines is 1. The quantitative estimate of drug-likeness (QED) is 0.826. The summed E-state index contributed by atoms with van der Waals surface area (Å²) in [5.41, 5.74) is 5.99. The van der Waals surface area contributed by atoms with Crippen molar-refractivity contribution < 1.29 is 13.2 Å². The Morgan fingerprint density at radius 1 is 1.10 bits per heavy atom. The zero-order valence-electron chi connectivity index (χ0n) is 10.2. The number of hydrogen-bond donors (Lipinski definition) is 2. The number of carbonyl (C=O) groups is 1. The molecule has 0 bridgehead atoms. The summed E-state index contributed by atoms with van der Waals surface area (Å²) in [5.74, 6) is -0.765. The van der Waals surface area contributed by atoms with Crippen LogP contribution in [0, 0.1) is 0 Å². The summed E-state index contributed by atoms with van der Waals surface area (Å²) < 4.78 is 26.7. The van der Waals surface area contributed by atoms with Gasteiger partial charge in [-0.15, -0.1) is 0 Å². The molecule has 0 aromatic heterocycles. The number of sulfonamides is 1. The highest BCUT2D eigenvalue weighted by molar-refractivity contribution is 9.10. The molecule has 0 unspecified atom stereocenters. The number of benzene rings is 2. The average molecular weight is 355 g/mol. The first-order chi connectivity index (χ1) is 9.40. The van der Waals surface area contributed by atoms with E-state index in [0.717, 1.165) is 0 Å². The van der Waals surface area contributed by atoms with E-state index in [0.29, 0.717) is 4.47 Å². The summed E-state index contributed by atoms with van der Waals surface area (Å²) in [6, 6.07) is 12.2. The lowest BCUT2D eigenvalue weighted by Crippen LogP contribution is -2.31. The Morgan fingerprint density at radius 2 is 1.75 bits per heavy atom. The van der Waals surface area contributed by atoms with Gasteiger partial charge in [0.15, 0.2) is 0 Å². The molecule has 0 radical (unpaired) electrons. The minimum absolute atomic E-state index is 0.0176. The van der Waals surface area contributed by atoms with Gasteiger partial charge >= 0.3 is 0 Å². The molecule has 0 aliphatic rings. The predicted molar refractivity (Wildman–Crippen MR) is 79.6 cm³/mol. The Kier molecular flexibility index (Phi) is 4.10. The maximum absolute atomic E-state index is 12.0. The molecule has 2 rings (SSSR count). The molecule has 0 saturated carbocycles. The standard InChI is InChI=1S/C13H11BrN2O3S/c14-9-6-7-11(12(15)8-9)13(17)16-20(18,19)10-4-2-1-3-5-10/h1-8H,15H2,(H,16,17). The third-order valence-corrected chi connectivity index (χ3v) is 4.38. The Hall–Kier alpha value is -1.86. The van der Waals surface area contributed by atoms with Gasteiger partial charge in [0.05, 0.1) is 10.5 Å². The first kappa shape index (κ1) is 14.5. The molecule has 3 N–H and O–H groups in total. The van der Waals surface area contributed by atoms with Crippen LogP contribution >= 0.6 is 15.9 Å². The number of amides is 1. The minimum Gasteiger partial charge on any atom is -0.398 e. The SMILES string of the molecule is Nc1cc(Br)ccc1C(=O)NS(=O)(=O)c1ccccc1. The highest BCUT2D eigenvalue weighted by Gasteiger charge is 2.19. The molecular formula is C13H11BrN2O3S. The van der Waals surface area contributed by atoms with Gasteiger partial charge in [-0.1, -0.05) is 34.1 Å². The van der Waals surface area contributed by atoms with Crippen LogP contribution in [0.3, 0.4) is 0 Å². The maximum atomic E-state index is 12.0. The molecule has 2 aromatic rings. The molecule has 5 nitrogen and oxygen atoms in total. The third-order valence-electron chi connectivity index (χ3n) is 2.54. The van der Waals surface area contributed by atoms with Gasteiger partial charge in [0.25, 0.3) is 15.9 Å². The summed E-state index contributed by atoms with van der Waals surface area (Å²) in [6.45, 7) is 0. The smallest absolute Gasteiger partial charge is 0.267 e. The first-order valence-electron chi connectivity index (χ1n) is 5.57. The van der Waals surface area contributed by atoms with Crippen LogP contribution in [0.2, 0.25) is 0 Å². The van der Waals surface area contributed by atoms with Crippen molar-refractivity contribution >= 4 is 37.5 Å². The number of nitrogen functional groups attached to an aromatic ring is 1. The average Bonchev–Trinajstić information content (AvgIpc) is 2.39. The number of rotatable bonds is 3. The van der Waals surface area contributed by atoms with E-state index in [4.69, 9.17) is 5.73 Å². The van der Waals surface area contributed by atoms with E-state index in [1.165, 1.54) is 24.3 Å². The van der Waals surface area contributed by atoms with Crippen LogP contribution in [-0.4, -0.2) is 14.3 Å². The van der Waals surface area contributed by atoms with Gasteiger partial charge in [0.1, 0.15) is 0 Å². The molecular weight excluding hydrogens is 344 g/mol. The van der Waals surface area contributed by atoms with Crippen molar-refractivity contribution in [2.75, 3.05) is 5.73 Å². The van der Waals surface area contributed by atoms with Gasteiger partial charge in [-0.2, -0.15) is 0 Å². The number of nitrogens with two attached hydrogens (primary N) is 1. The van der Waals surface area contributed by atoms with E-state index >= 15 is 0 Å². The maximum Gasteiger partial charge on any atom is 0.267 e. The van der Waals surface area contributed by atoms with E-state index in [1.54, 1.807) is 24.3 Å². The monoisotopic (exact) mass is 354 g/mol. The zero-order chi connectivity index (χ0) is 14.8. The molecule has 7 heteroatoms. The van der Waals surface area contributed by atoms with Crippen molar-refractivity contribution in [3.05, 3.63) is 58.6 Å². The molecule has 0 heterocycles. The highest BCUT2D eigenvalue weighted by atomic mass is 79.9. The molecule has 0 aliphatic carbocycles. The number of halogens is 1. The summed E-state index contributed by atoms with van der Waals surface area (Å²) in [4.78, 5) is 12.0. The van der Waals surface area contributed by atoms with Gasteiger partial charge < -0.3 is 5.73 Å². The Bertz CT molecular complexity index is 745. The van der Waals surface area contributed by atoms with Gasteiger partial charge in [-0.3, -0.25) is 4.79 Å².